The minimum absolute atomic E-state index is 0.636. The van der Waals surface area contributed by atoms with Crippen LogP contribution in [0.4, 0.5) is 0 Å². The molecule has 5 heteroatoms. The van der Waals surface area contributed by atoms with E-state index >= 15 is 0 Å². The molecule has 0 fully saturated rings. The van der Waals surface area contributed by atoms with Gasteiger partial charge in [-0.2, -0.15) is 0 Å². The molecule has 0 aliphatic rings. The lowest BCUT2D eigenvalue weighted by Crippen LogP contribution is -2.00. The first-order chi connectivity index (χ1) is 26.8. The van der Waals surface area contributed by atoms with Gasteiger partial charge in [-0.05, 0) is 35.0 Å². The average Bonchev–Trinajstić information content (AvgIpc) is 3.76. The minimum Gasteiger partial charge on any atom is -0.307 e. The van der Waals surface area contributed by atoms with E-state index in [9.17, 15) is 0 Å². The highest BCUT2D eigenvalue weighted by Crippen LogP contribution is 2.42. The lowest BCUT2D eigenvalue weighted by molar-refractivity contribution is 1.07. The van der Waals surface area contributed by atoms with Crippen LogP contribution in [0.1, 0.15) is 0 Å². The summed E-state index contributed by atoms with van der Waals surface area (Å²) in [5.74, 6) is 1.93. The summed E-state index contributed by atoms with van der Waals surface area (Å²) < 4.78 is 4.98. The second kappa shape index (κ2) is 11.1. The summed E-state index contributed by atoms with van der Waals surface area (Å²) in [7, 11) is 0. The fraction of sp³-hybridized carbons (Fsp3) is 0. The van der Waals surface area contributed by atoms with E-state index in [4.69, 9.17) is 15.0 Å². The van der Waals surface area contributed by atoms with Crippen molar-refractivity contribution in [2.24, 2.45) is 0 Å². The Labute approximate surface area is 309 Å². The third kappa shape index (κ3) is 4.06. The van der Waals surface area contributed by atoms with Crippen LogP contribution in [-0.4, -0.2) is 23.8 Å². The van der Waals surface area contributed by atoms with E-state index in [2.05, 4.69) is 148 Å². The monoisotopic (exact) mass is 687 g/mol. The summed E-state index contributed by atoms with van der Waals surface area (Å²) in [6.45, 7) is 0. The molecule has 0 bridgehead atoms. The molecule has 4 heterocycles. The molecule has 5 nitrogen and oxygen atoms in total. The first-order valence-corrected chi connectivity index (χ1v) is 18.3. The van der Waals surface area contributed by atoms with E-state index in [1.165, 1.54) is 65.2 Å². The third-order valence-electron chi connectivity index (χ3n) is 11.1. The number of hydrogen-bond acceptors (Lipinski definition) is 3. The second-order valence-electron chi connectivity index (χ2n) is 14.0. The van der Waals surface area contributed by atoms with Crippen molar-refractivity contribution in [1.82, 2.24) is 23.8 Å². The van der Waals surface area contributed by atoms with Gasteiger partial charge in [0.05, 0.1) is 33.1 Å². The topological polar surface area (TPSA) is 47.5 Å². The van der Waals surface area contributed by atoms with Crippen LogP contribution in [0.25, 0.3) is 110 Å². The fourth-order valence-corrected chi connectivity index (χ4v) is 8.76. The number of rotatable bonds is 3. The predicted octanol–water partition coefficient (Wildman–Crippen LogP) is 12.3. The van der Waals surface area contributed by atoms with Crippen molar-refractivity contribution < 1.29 is 0 Å². The quantitative estimate of drug-likeness (QED) is 0.186. The van der Waals surface area contributed by atoms with Gasteiger partial charge in [-0.1, -0.05) is 152 Å². The van der Waals surface area contributed by atoms with Crippen molar-refractivity contribution in [3.05, 3.63) is 176 Å². The number of aromatic nitrogens is 5. The highest BCUT2D eigenvalue weighted by atomic mass is 15.0. The number of fused-ring (bicyclic) bond motifs is 12. The van der Waals surface area contributed by atoms with Gasteiger partial charge in [0.25, 0.3) is 0 Å². The molecule has 0 radical (unpaired) electrons. The maximum absolute atomic E-state index is 5.11. The lowest BCUT2D eigenvalue weighted by atomic mass is 10.0. The van der Waals surface area contributed by atoms with Gasteiger partial charge in [-0.3, -0.25) is 0 Å². The Morgan fingerprint density at radius 2 is 0.833 bits per heavy atom. The molecule has 54 heavy (non-hydrogen) atoms. The highest BCUT2D eigenvalue weighted by molar-refractivity contribution is 6.27. The van der Waals surface area contributed by atoms with Gasteiger partial charge in [-0.15, -0.1) is 0 Å². The summed E-state index contributed by atoms with van der Waals surface area (Å²) in [4.78, 5) is 15.2. The van der Waals surface area contributed by atoms with Crippen LogP contribution in [0.15, 0.2) is 176 Å². The van der Waals surface area contributed by atoms with Crippen LogP contribution >= 0.6 is 0 Å². The predicted molar refractivity (Wildman–Crippen MR) is 223 cm³/mol. The molecule has 0 saturated heterocycles. The van der Waals surface area contributed by atoms with E-state index < -0.39 is 0 Å². The van der Waals surface area contributed by atoms with Crippen LogP contribution in [0.3, 0.4) is 0 Å². The molecular formula is C49H29N5. The molecule has 0 unspecified atom stereocenters. The van der Waals surface area contributed by atoms with Crippen LogP contribution in [0.5, 0.6) is 0 Å². The Bertz CT molecular complexity index is 3430. The van der Waals surface area contributed by atoms with Crippen molar-refractivity contribution in [3.8, 4) is 34.2 Å². The van der Waals surface area contributed by atoms with E-state index in [0.29, 0.717) is 17.5 Å². The molecule has 0 N–H and O–H groups in total. The molecule has 12 rings (SSSR count). The van der Waals surface area contributed by atoms with Crippen LogP contribution in [0, 0.1) is 0 Å². The van der Waals surface area contributed by atoms with Crippen molar-refractivity contribution >= 4 is 76.2 Å². The lowest BCUT2D eigenvalue weighted by Gasteiger charge is -2.13. The average molecular weight is 688 g/mol. The van der Waals surface area contributed by atoms with Gasteiger partial charge >= 0.3 is 0 Å². The van der Waals surface area contributed by atoms with Gasteiger partial charge in [0.15, 0.2) is 17.5 Å². The highest BCUT2D eigenvalue weighted by Gasteiger charge is 2.21. The molecule has 12 aromatic rings. The largest absolute Gasteiger partial charge is 0.307 e. The molecule has 0 amide bonds. The maximum Gasteiger partial charge on any atom is 0.164 e. The van der Waals surface area contributed by atoms with Crippen LogP contribution in [0.2, 0.25) is 0 Å². The number of benzene rings is 8. The van der Waals surface area contributed by atoms with E-state index in [0.717, 1.165) is 27.7 Å². The smallest absolute Gasteiger partial charge is 0.164 e. The third-order valence-corrected chi connectivity index (χ3v) is 11.1. The van der Waals surface area contributed by atoms with E-state index in [1.807, 2.05) is 36.4 Å². The Morgan fingerprint density at radius 1 is 0.296 bits per heavy atom. The van der Waals surface area contributed by atoms with Crippen LogP contribution < -0.4 is 0 Å². The maximum atomic E-state index is 5.11. The van der Waals surface area contributed by atoms with Gasteiger partial charge in [0, 0.05) is 49.0 Å². The summed E-state index contributed by atoms with van der Waals surface area (Å²) >= 11 is 0. The minimum atomic E-state index is 0.636. The zero-order valence-corrected chi connectivity index (χ0v) is 29.0. The molecular weight excluding hydrogens is 659 g/mol. The van der Waals surface area contributed by atoms with Crippen molar-refractivity contribution in [3.63, 3.8) is 0 Å². The fourth-order valence-electron chi connectivity index (χ4n) is 8.76. The van der Waals surface area contributed by atoms with E-state index in [-0.39, 0.29) is 0 Å². The molecule has 0 spiro atoms. The van der Waals surface area contributed by atoms with Gasteiger partial charge in [0.1, 0.15) is 0 Å². The molecule has 0 aliphatic heterocycles. The molecule has 250 valence electrons. The summed E-state index contributed by atoms with van der Waals surface area (Å²) in [6.07, 6.45) is 0. The normalized spacial score (nSPS) is 12.1. The Hall–Kier alpha value is -7.37. The summed E-state index contributed by atoms with van der Waals surface area (Å²) in [5, 5.41) is 9.74. The number of nitrogens with zero attached hydrogens (tertiary/aromatic N) is 5. The SMILES string of the molecule is c1ccc(-c2nc(-c3ccccc3)nc(-c3ccc4c5cccc6c7c8ccccc8ccc7n7c8ccccc8c8cccc(c87)n(c4c3)c56)n2)cc1. The Morgan fingerprint density at radius 3 is 1.59 bits per heavy atom. The Balaban J connectivity index is 1.28. The second-order valence-corrected chi connectivity index (χ2v) is 14.0. The van der Waals surface area contributed by atoms with Gasteiger partial charge in [-0.25, -0.2) is 15.0 Å². The summed E-state index contributed by atoms with van der Waals surface area (Å²) in [6, 6.07) is 62.7. The van der Waals surface area contributed by atoms with E-state index in [1.54, 1.807) is 0 Å². The standard InChI is InChI=1S/C49H29N5/c1-3-14-31(15-4-1)47-50-48(32-16-5-2-6-17-32)52-49(51-47)33-25-27-36-37-20-11-22-39-44-34-18-8-7-13-30(34)26-28-41(44)53-40-23-10-9-19-35(40)38-21-12-24-42(46(38)53)54(45(37)39)43(36)29-33/h1-29H. The molecule has 4 aromatic heterocycles. The number of para-hydroxylation sites is 3. The van der Waals surface area contributed by atoms with Gasteiger partial charge in [0.2, 0.25) is 0 Å². The zero-order chi connectivity index (χ0) is 35.3. The zero-order valence-electron chi connectivity index (χ0n) is 29.0. The van der Waals surface area contributed by atoms with Crippen molar-refractivity contribution in [1.29, 1.82) is 0 Å². The summed E-state index contributed by atoms with van der Waals surface area (Å²) in [5.41, 5.74) is 9.82. The van der Waals surface area contributed by atoms with Crippen molar-refractivity contribution in [2.45, 2.75) is 0 Å². The van der Waals surface area contributed by atoms with Gasteiger partial charge < -0.3 is 8.80 Å². The molecule has 0 aliphatic carbocycles. The van der Waals surface area contributed by atoms with Crippen molar-refractivity contribution in [2.75, 3.05) is 0 Å². The molecule has 0 atom stereocenters. The Kier molecular flexibility index (Phi) is 5.99. The molecule has 0 saturated carbocycles. The number of hydrogen-bond donors (Lipinski definition) is 0. The molecule has 8 aromatic carbocycles. The first kappa shape index (κ1) is 29.2. The van der Waals surface area contributed by atoms with Crippen LogP contribution in [-0.2, 0) is 0 Å². The first-order valence-electron chi connectivity index (χ1n) is 18.3.